The molecule has 1 heterocycles. The van der Waals surface area contributed by atoms with Gasteiger partial charge in [0.05, 0.1) is 5.69 Å². The number of rotatable bonds is 7. The highest BCUT2D eigenvalue weighted by molar-refractivity contribution is 6.30. The molecule has 0 unspecified atom stereocenters. The molecule has 0 atom stereocenters. The molecule has 28 heavy (non-hydrogen) atoms. The quantitative estimate of drug-likeness (QED) is 0.602. The molecule has 0 saturated heterocycles. The van der Waals surface area contributed by atoms with Crippen LogP contribution in [0.5, 0.6) is 11.5 Å². The Morgan fingerprint density at radius 1 is 1.04 bits per heavy atom. The molecule has 0 fully saturated rings. The summed E-state index contributed by atoms with van der Waals surface area (Å²) < 4.78 is 11.6. The molecule has 0 spiro atoms. The number of pyridine rings is 1. The van der Waals surface area contributed by atoms with Gasteiger partial charge in [0.1, 0.15) is 18.1 Å². The zero-order chi connectivity index (χ0) is 20.0. The number of hydrogen-bond donors (Lipinski definition) is 1. The highest BCUT2D eigenvalue weighted by Gasteiger charge is 2.30. The van der Waals surface area contributed by atoms with Crippen molar-refractivity contribution in [2.24, 2.45) is 0 Å². The molecule has 5 nitrogen and oxygen atoms in total. The molecule has 3 rings (SSSR count). The molecule has 1 N–H and O–H groups in total. The smallest absolute Gasteiger partial charge is 0.267 e. The van der Waals surface area contributed by atoms with Gasteiger partial charge in [-0.2, -0.15) is 0 Å². The molecular formula is C22H21ClN2O3. The maximum atomic E-state index is 12.7. The summed E-state index contributed by atoms with van der Waals surface area (Å²) in [6.45, 7) is 3.76. The van der Waals surface area contributed by atoms with Crippen molar-refractivity contribution in [1.29, 1.82) is 0 Å². The van der Waals surface area contributed by atoms with Gasteiger partial charge in [0, 0.05) is 23.0 Å². The first-order valence-corrected chi connectivity index (χ1v) is 9.19. The summed E-state index contributed by atoms with van der Waals surface area (Å²) in [5.74, 6) is 0.932. The highest BCUT2D eigenvalue weighted by atomic mass is 35.5. The summed E-state index contributed by atoms with van der Waals surface area (Å²) in [7, 11) is 0. The van der Waals surface area contributed by atoms with Crippen LogP contribution in [-0.4, -0.2) is 16.5 Å². The van der Waals surface area contributed by atoms with Gasteiger partial charge in [-0.1, -0.05) is 23.7 Å². The molecule has 1 aromatic heterocycles. The van der Waals surface area contributed by atoms with Gasteiger partial charge in [-0.25, -0.2) is 0 Å². The van der Waals surface area contributed by atoms with Crippen LogP contribution in [-0.2, 0) is 11.4 Å². The summed E-state index contributed by atoms with van der Waals surface area (Å²) >= 11 is 5.88. The Labute approximate surface area is 169 Å². The second kappa shape index (κ2) is 8.76. The van der Waals surface area contributed by atoms with Crippen molar-refractivity contribution in [3.8, 4) is 11.5 Å². The minimum atomic E-state index is -1.07. The summed E-state index contributed by atoms with van der Waals surface area (Å²) in [6.07, 6.45) is 1.72. The fourth-order valence-electron chi connectivity index (χ4n) is 2.43. The number of carbonyl (C=O) groups is 1. The number of anilines is 1. The second-order valence-electron chi connectivity index (χ2n) is 6.66. The molecule has 0 bridgehead atoms. The topological polar surface area (TPSA) is 60.5 Å². The zero-order valence-corrected chi connectivity index (χ0v) is 16.4. The molecule has 2 aromatic carbocycles. The molecule has 0 saturated carbocycles. The highest BCUT2D eigenvalue weighted by Crippen LogP contribution is 2.23. The van der Waals surface area contributed by atoms with E-state index in [1.807, 2.05) is 30.3 Å². The van der Waals surface area contributed by atoms with Gasteiger partial charge in [-0.15, -0.1) is 0 Å². The van der Waals surface area contributed by atoms with Gasteiger partial charge in [-0.05, 0) is 62.4 Å². The van der Waals surface area contributed by atoms with Crippen molar-refractivity contribution >= 4 is 23.2 Å². The number of amides is 1. The second-order valence-corrected chi connectivity index (χ2v) is 7.09. The SMILES string of the molecule is CC(C)(Oc1ccc(Cl)cc1)C(=O)Nc1cccc(OCc2ccccn2)c1. The molecule has 0 aliphatic heterocycles. The molecule has 144 valence electrons. The van der Waals surface area contributed by atoms with E-state index in [1.165, 1.54) is 0 Å². The predicted molar refractivity (Wildman–Crippen MR) is 110 cm³/mol. The summed E-state index contributed by atoms with van der Waals surface area (Å²) in [5.41, 5.74) is 0.379. The van der Waals surface area contributed by atoms with Gasteiger partial charge in [-0.3, -0.25) is 9.78 Å². The van der Waals surface area contributed by atoms with Crippen LogP contribution in [0, 0.1) is 0 Å². The summed E-state index contributed by atoms with van der Waals surface area (Å²) in [5, 5.41) is 3.48. The van der Waals surface area contributed by atoms with Crippen molar-refractivity contribution < 1.29 is 14.3 Å². The van der Waals surface area contributed by atoms with Crippen LogP contribution in [0.15, 0.2) is 72.9 Å². The van der Waals surface area contributed by atoms with Gasteiger partial charge < -0.3 is 14.8 Å². The van der Waals surface area contributed by atoms with Crippen LogP contribution in [0.1, 0.15) is 19.5 Å². The molecular weight excluding hydrogens is 376 g/mol. The molecule has 6 heteroatoms. The fourth-order valence-corrected chi connectivity index (χ4v) is 2.56. The Kier molecular flexibility index (Phi) is 6.16. The number of aromatic nitrogens is 1. The van der Waals surface area contributed by atoms with E-state index in [0.717, 1.165) is 5.69 Å². The Hall–Kier alpha value is -3.05. The molecule has 0 radical (unpaired) electrons. The van der Waals surface area contributed by atoms with Gasteiger partial charge in [0.2, 0.25) is 0 Å². The van der Waals surface area contributed by atoms with E-state index in [0.29, 0.717) is 28.8 Å². The Balaban J connectivity index is 1.62. The van der Waals surface area contributed by atoms with Crippen LogP contribution in [0.2, 0.25) is 5.02 Å². The van der Waals surface area contributed by atoms with Crippen LogP contribution < -0.4 is 14.8 Å². The van der Waals surface area contributed by atoms with E-state index < -0.39 is 5.60 Å². The van der Waals surface area contributed by atoms with E-state index in [2.05, 4.69) is 10.3 Å². The third-order valence-corrected chi connectivity index (χ3v) is 4.19. The van der Waals surface area contributed by atoms with Gasteiger partial charge in [0.25, 0.3) is 5.91 Å². The standard InChI is InChI=1S/C22H21ClN2O3/c1-22(2,28-19-11-9-16(23)10-12-19)21(26)25-17-7-5-8-20(14-17)27-15-18-6-3-4-13-24-18/h3-14H,15H2,1-2H3,(H,25,26). The minimum Gasteiger partial charge on any atom is -0.487 e. The van der Waals surface area contributed by atoms with Crippen molar-refractivity contribution in [3.63, 3.8) is 0 Å². The lowest BCUT2D eigenvalue weighted by Gasteiger charge is -2.25. The predicted octanol–water partition coefficient (Wildman–Crippen LogP) is 5.11. The first-order chi connectivity index (χ1) is 13.4. The van der Waals surface area contributed by atoms with Crippen molar-refractivity contribution in [3.05, 3.63) is 83.6 Å². The maximum absolute atomic E-state index is 12.7. The Morgan fingerprint density at radius 2 is 1.82 bits per heavy atom. The zero-order valence-electron chi connectivity index (χ0n) is 15.7. The Bertz CT molecular complexity index is 928. The lowest BCUT2D eigenvalue weighted by atomic mass is 10.1. The fraction of sp³-hybridized carbons (Fsp3) is 0.182. The van der Waals surface area contributed by atoms with Gasteiger partial charge in [0.15, 0.2) is 5.60 Å². The van der Waals surface area contributed by atoms with Crippen molar-refractivity contribution in [2.45, 2.75) is 26.1 Å². The molecule has 0 aliphatic carbocycles. The number of ether oxygens (including phenoxy) is 2. The third kappa shape index (κ3) is 5.47. The third-order valence-electron chi connectivity index (χ3n) is 3.94. The number of nitrogens with zero attached hydrogens (tertiary/aromatic N) is 1. The lowest BCUT2D eigenvalue weighted by molar-refractivity contribution is -0.128. The van der Waals surface area contributed by atoms with Crippen LogP contribution >= 0.6 is 11.6 Å². The average Bonchev–Trinajstić information content (AvgIpc) is 2.69. The largest absolute Gasteiger partial charge is 0.487 e. The number of hydrogen-bond acceptors (Lipinski definition) is 4. The van der Waals surface area contributed by atoms with Crippen LogP contribution in [0.4, 0.5) is 5.69 Å². The number of carbonyl (C=O) groups excluding carboxylic acids is 1. The monoisotopic (exact) mass is 396 g/mol. The maximum Gasteiger partial charge on any atom is 0.267 e. The minimum absolute atomic E-state index is 0.274. The number of nitrogens with one attached hydrogen (secondary N) is 1. The van der Waals surface area contributed by atoms with Crippen molar-refractivity contribution in [1.82, 2.24) is 4.98 Å². The lowest BCUT2D eigenvalue weighted by Crippen LogP contribution is -2.42. The molecule has 3 aromatic rings. The summed E-state index contributed by atoms with van der Waals surface area (Å²) in [4.78, 5) is 16.9. The van der Waals surface area contributed by atoms with E-state index in [1.54, 1.807) is 56.4 Å². The van der Waals surface area contributed by atoms with Crippen molar-refractivity contribution in [2.75, 3.05) is 5.32 Å². The molecule has 0 aliphatic rings. The average molecular weight is 397 g/mol. The number of benzene rings is 2. The van der Waals surface area contributed by atoms with E-state index >= 15 is 0 Å². The van der Waals surface area contributed by atoms with Crippen LogP contribution in [0.25, 0.3) is 0 Å². The first-order valence-electron chi connectivity index (χ1n) is 8.81. The Morgan fingerprint density at radius 3 is 2.54 bits per heavy atom. The van der Waals surface area contributed by atoms with Gasteiger partial charge >= 0.3 is 0 Å². The normalized spacial score (nSPS) is 11.0. The van der Waals surface area contributed by atoms with E-state index in [-0.39, 0.29) is 5.91 Å². The van der Waals surface area contributed by atoms with E-state index in [4.69, 9.17) is 21.1 Å². The number of halogens is 1. The van der Waals surface area contributed by atoms with E-state index in [9.17, 15) is 4.79 Å². The van der Waals surface area contributed by atoms with Crippen LogP contribution in [0.3, 0.4) is 0 Å². The first kappa shape index (κ1) is 19.7. The summed E-state index contributed by atoms with van der Waals surface area (Å²) in [6, 6.07) is 19.7. The molecule has 1 amide bonds.